The first-order chi connectivity index (χ1) is 6.36. The fourth-order valence-electron chi connectivity index (χ4n) is 1.86. The average molecular weight is 239 g/mol. The van der Waals surface area contributed by atoms with E-state index in [0.29, 0.717) is 0 Å². The Labute approximate surface area is 86.9 Å². The summed E-state index contributed by atoms with van der Waals surface area (Å²) < 4.78 is 0. The first-order valence-electron chi connectivity index (χ1n) is 5.03. The van der Waals surface area contributed by atoms with Crippen molar-refractivity contribution in [1.29, 1.82) is 0 Å². The van der Waals surface area contributed by atoms with E-state index in [1.165, 1.54) is 18.2 Å². The Kier molecular flexibility index (Phi) is 3.08. The summed E-state index contributed by atoms with van der Waals surface area (Å²) in [7, 11) is 0. The first kappa shape index (κ1) is 9.30. The predicted octanol–water partition coefficient (Wildman–Crippen LogP) is 3.28. The molecule has 0 unspecified atom stereocenters. The van der Waals surface area contributed by atoms with Crippen molar-refractivity contribution in [1.82, 2.24) is 0 Å². The van der Waals surface area contributed by atoms with Gasteiger partial charge in [-0.25, -0.2) is 0 Å². The molecule has 70 valence electrons. The van der Waals surface area contributed by atoms with Gasteiger partial charge in [-0.15, -0.1) is 0 Å². The Morgan fingerprint density at radius 1 is 1.23 bits per heavy atom. The summed E-state index contributed by atoms with van der Waals surface area (Å²) in [6, 6.07) is 11.0. The summed E-state index contributed by atoms with van der Waals surface area (Å²) in [5.74, 6) is 0.945. The molecule has 0 saturated carbocycles. The van der Waals surface area contributed by atoms with Crippen LogP contribution in [0.1, 0.15) is 30.1 Å². The van der Waals surface area contributed by atoms with Crippen LogP contribution in [0, 0.1) is 5.92 Å². The molecule has 0 aromatic heterocycles. The third kappa shape index (κ3) is 2.36. The molecule has 1 heteroatoms. The second kappa shape index (κ2) is 4.30. The molecule has 0 N–H and O–H groups in total. The summed E-state index contributed by atoms with van der Waals surface area (Å²) in [6.45, 7) is 2.39. The maximum absolute atomic E-state index is 2.39. The van der Waals surface area contributed by atoms with Crippen LogP contribution in [0.15, 0.2) is 30.3 Å². The molecule has 1 fully saturated rings. The quantitative estimate of drug-likeness (QED) is 0.660. The molecule has 1 aromatic carbocycles. The van der Waals surface area contributed by atoms with Crippen molar-refractivity contribution in [3.63, 3.8) is 0 Å². The van der Waals surface area contributed by atoms with Crippen molar-refractivity contribution >= 4 is 15.0 Å². The van der Waals surface area contributed by atoms with Gasteiger partial charge in [0.15, 0.2) is 0 Å². The summed E-state index contributed by atoms with van der Waals surface area (Å²) in [4.78, 5) is 0.900. The van der Waals surface area contributed by atoms with Gasteiger partial charge in [0.05, 0.1) is 0 Å². The number of benzene rings is 1. The topological polar surface area (TPSA) is 0 Å². The predicted molar refractivity (Wildman–Crippen MR) is 58.1 cm³/mol. The van der Waals surface area contributed by atoms with Crippen molar-refractivity contribution in [3.8, 4) is 0 Å². The maximum atomic E-state index is 2.39. The summed E-state index contributed by atoms with van der Waals surface area (Å²) in [6.07, 6.45) is 2.88. The molecule has 1 aliphatic heterocycles. The standard InChI is InChI=1S/C12H16Se/c1-10-7-8-13-12(9-10)11-5-3-2-4-6-11/h2-6,10,12H,7-9H2,1H3/t10-,12+/m1/s1. The molecule has 0 aliphatic carbocycles. The Hall–Kier alpha value is -0.261. The second-order valence-electron chi connectivity index (χ2n) is 3.90. The number of hydrogen-bond donors (Lipinski definition) is 0. The van der Waals surface area contributed by atoms with Crippen molar-refractivity contribution < 1.29 is 0 Å². The monoisotopic (exact) mass is 240 g/mol. The van der Waals surface area contributed by atoms with Gasteiger partial charge in [0.2, 0.25) is 0 Å². The Morgan fingerprint density at radius 2 is 2.00 bits per heavy atom. The van der Waals surface area contributed by atoms with Crippen LogP contribution in [0.5, 0.6) is 0 Å². The van der Waals surface area contributed by atoms with Crippen LogP contribution in [-0.2, 0) is 0 Å². The van der Waals surface area contributed by atoms with Gasteiger partial charge in [0.25, 0.3) is 0 Å². The molecule has 0 amide bonds. The van der Waals surface area contributed by atoms with Gasteiger partial charge >= 0.3 is 86.7 Å². The van der Waals surface area contributed by atoms with E-state index >= 15 is 0 Å². The van der Waals surface area contributed by atoms with Crippen molar-refractivity contribution in [2.24, 2.45) is 5.92 Å². The van der Waals surface area contributed by atoms with Crippen molar-refractivity contribution in [3.05, 3.63) is 35.9 Å². The molecule has 0 radical (unpaired) electrons. The minimum absolute atomic E-state index is 0.855. The van der Waals surface area contributed by atoms with Crippen LogP contribution in [0.25, 0.3) is 0 Å². The fraction of sp³-hybridized carbons (Fsp3) is 0.500. The normalized spacial score (nSPS) is 28.7. The third-order valence-corrected chi connectivity index (χ3v) is 5.53. The van der Waals surface area contributed by atoms with E-state index in [1.54, 1.807) is 5.56 Å². The first-order valence-corrected chi connectivity index (χ1v) is 7.23. The van der Waals surface area contributed by atoms with Gasteiger partial charge in [0.1, 0.15) is 0 Å². The summed E-state index contributed by atoms with van der Waals surface area (Å²) >= 11 is 0.855. The number of hydrogen-bond acceptors (Lipinski definition) is 0. The zero-order chi connectivity index (χ0) is 9.10. The molecule has 1 saturated heterocycles. The molecular weight excluding hydrogens is 223 g/mol. The van der Waals surface area contributed by atoms with E-state index in [0.717, 1.165) is 25.7 Å². The molecule has 13 heavy (non-hydrogen) atoms. The van der Waals surface area contributed by atoms with Gasteiger partial charge < -0.3 is 0 Å². The van der Waals surface area contributed by atoms with Crippen LogP contribution < -0.4 is 0 Å². The van der Waals surface area contributed by atoms with Gasteiger partial charge in [-0.2, -0.15) is 0 Å². The van der Waals surface area contributed by atoms with Crippen LogP contribution >= 0.6 is 0 Å². The van der Waals surface area contributed by atoms with Crippen LogP contribution in [0.2, 0.25) is 5.32 Å². The van der Waals surface area contributed by atoms with E-state index in [-0.39, 0.29) is 0 Å². The third-order valence-electron chi connectivity index (χ3n) is 2.72. The Morgan fingerprint density at radius 3 is 2.69 bits per heavy atom. The van der Waals surface area contributed by atoms with Gasteiger partial charge in [0, 0.05) is 0 Å². The summed E-state index contributed by atoms with van der Waals surface area (Å²) in [5, 5.41) is 1.48. The van der Waals surface area contributed by atoms with Gasteiger partial charge in [-0.1, -0.05) is 0 Å². The minimum atomic E-state index is 0.855. The molecule has 0 nitrogen and oxygen atoms in total. The van der Waals surface area contributed by atoms with Crippen LogP contribution in [0.4, 0.5) is 0 Å². The molecule has 1 aromatic rings. The zero-order valence-corrected chi connectivity index (χ0v) is 9.78. The Balaban J connectivity index is 2.08. The molecule has 1 aliphatic rings. The van der Waals surface area contributed by atoms with Crippen LogP contribution in [0.3, 0.4) is 0 Å². The molecule has 2 atom stereocenters. The number of rotatable bonds is 1. The molecular formula is C12H16Se. The van der Waals surface area contributed by atoms with E-state index in [9.17, 15) is 0 Å². The van der Waals surface area contributed by atoms with Crippen molar-refractivity contribution in [2.45, 2.75) is 29.9 Å². The second-order valence-corrected chi connectivity index (χ2v) is 6.65. The van der Waals surface area contributed by atoms with E-state index < -0.39 is 0 Å². The molecule has 2 rings (SSSR count). The zero-order valence-electron chi connectivity index (χ0n) is 8.07. The van der Waals surface area contributed by atoms with E-state index in [2.05, 4.69) is 37.3 Å². The SMILES string of the molecule is C[C@@H]1CC[Se][C@H](c2ccccc2)C1. The van der Waals surface area contributed by atoms with Gasteiger partial charge in [-0.05, 0) is 0 Å². The summed E-state index contributed by atoms with van der Waals surface area (Å²) in [5.41, 5.74) is 1.58. The van der Waals surface area contributed by atoms with E-state index in [4.69, 9.17) is 0 Å². The average Bonchev–Trinajstić information content (AvgIpc) is 2.19. The van der Waals surface area contributed by atoms with Crippen LogP contribution in [-0.4, -0.2) is 15.0 Å². The fourth-order valence-corrected chi connectivity index (χ4v) is 5.30. The van der Waals surface area contributed by atoms with Crippen molar-refractivity contribution in [2.75, 3.05) is 0 Å². The van der Waals surface area contributed by atoms with Gasteiger partial charge in [-0.3, -0.25) is 0 Å². The van der Waals surface area contributed by atoms with E-state index in [1.807, 2.05) is 0 Å². The molecule has 0 bridgehead atoms. The molecule has 0 spiro atoms. The Bertz CT molecular complexity index is 255. The molecule has 1 heterocycles.